The minimum atomic E-state index is 0.0178. The van der Waals surface area contributed by atoms with E-state index in [1.54, 1.807) is 7.11 Å². The Hall–Kier alpha value is -0.730. The Kier molecular flexibility index (Phi) is 4.69. The first-order valence-corrected chi connectivity index (χ1v) is 6.74. The maximum Gasteiger partial charge on any atom is 0.123 e. The lowest BCUT2D eigenvalue weighted by Crippen LogP contribution is -2.32. The Morgan fingerprint density at radius 1 is 1.24 bits per heavy atom. The van der Waals surface area contributed by atoms with Crippen LogP contribution in [-0.4, -0.2) is 31.6 Å². The van der Waals surface area contributed by atoms with Crippen LogP contribution < -0.4 is 4.74 Å². The van der Waals surface area contributed by atoms with E-state index in [-0.39, 0.29) is 5.38 Å². The molecule has 0 spiro atoms. The predicted octanol–water partition coefficient (Wildman–Crippen LogP) is 3.46. The molecule has 0 amide bonds. The highest BCUT2D eigenvalue weighted by atomic mass is 35.5. The highest BCUT2D eigenvalue weighted by Crippen LogP contribution is 2.30. The van der Waals surface area contributed by atoms with E-state index < -0.39 is 0 Å². The molecule has 1 aliphatic rings. The van der Waals surface area contributed by atoms with E-state index in [1.807, 2.05) is 18.2 Å². The number of hydrogen-bond acceptors (Lipinski definition) is 2. The molecule has 3 heteroatoms. The average molecular weight is 254 g/mol. The van der Waals surface area contributed by atoms with E-state index in [0.717, 1.165) is 17.9 Å². The quantitative estimate of drug-likeness (QED) is 0.762. The van der Waals surface area contributed by atoms with Crippen LogP contribution in [0.4, 0.5) is 0 Å². The number of ether oxygens (including phenoxy) is 1. The number of rotatable bonds is 4. The lowest BCUT2D eigenvalue weighted by atomic mass is 10.1. The lowest BCUT2D eigenvalue weighted by Gasteiger charge is -2.28. The standard InChI is InChI=1S/C14H20ClNO/c1-17-14-8-4-3-7-12(14)13(15)11-16-9-5-2-6-10-16/h3-4,7-8,13H,2,5-6,9-11H2,1H3. The zero-order chi connectivity index (χ0) is 12.1. The maximum absolute atomic E-state index is 6.50. The third-order valence-corrected chi connectivity index (χ3v) is 3.72. The Bertz CT molecular complexity index is 350. The Morgan fingerprint density at radius 3 is 2.65 bits per heavy atom. The smallest absolute Gasteiger partial charge is 0.123 e. The van der Waals surface area contributed by atoms with Crippen molar-refractivity contribution in [1.29, 1.82) is 0 Å². The molecule has 1 heterocycles. The molecule has 1 atom stereocenters. The van der Waals surface area contributed by atoms with Gasteiger partial charge < -0.3 is 9.64 Å². The van der Waals surface area contributed by atoms with Gasteiger partial charge in [-0.25, -0.2) is 0 Å². The summed E-state index contributed by atoms with van der Waals surface area (Å²) in [6.45, 7) is 3.28. The number of para-hydroxylation sites is 1. The molecule has 1 fully saturated rings. The van der Waals surface area contributed by atoms with Crippen molar-refractivity contribution in [2.24, 2.45) is 0 Å². The number of methoxy groups -OCH3 is 1. The molecule has 1 aromatic rings. The highest BCUT2D eigenvalue weighted by Gasteiger charge is 2.18. The van der Waals surface area contributed by atoms with E-state index in [4.69, 9.17) is 16.3 Å². The summed E-state index contributed by atoms with van der Waals surface area (Å²) in [6.07, 6.45) is 3.96. The molecule has 94 valence electrons. The number of likely N-dealkylation sites (tertiary alicyclic amines) is 1. The fourth-order valence-corrected chi connectivity index (χ4v) is 2.77. The molecule has 0 bridgehead atoms. The Labute approximate surface area is 109 Å². The molecule has 1 aliphatic heterocycles. The van der Waals surface area contributed by atoms with Crippen LogP contribution in [0, 0.1) is 0 Å². The minimum Gasteiger partial charge on any atom is -0.496 e. The number of alkyl halides is 1. The van der Waals surface area contributed by atoms with Gasteiger partial charge in [0, 0.05) is 12.1 Å². The summed E-state index contributed by atoms with van der Waals surface area (Å²) < 4.78 is 5.35. The minimum absolute atomic E-state index is 0.0178. The molecule has 2 rings (SSSR count). The van der Waals surface area contributed by atoms with Crippen molar-refractivity contribution in [3.05, 3.63) is 29.8 Å². The van der Waals surface area contributed by atoms with Crippen LogP contribution in [-0.2, 0) is 0 Å². The predicted molar refractivity (Wildman–Crippen MR) is 71.9 cm³/mol. The second-order valence-electron chi connectivity index (χ2n) is 4.57. The van der Waals surface area contributed by atoms with E-state index in [1.165, 1.54) is 32.4 Å². The summed E-state index contributed by atoms with van der Waals surface area (Å²) >= 11 is 6.50. The van der Waals surface area contributed by atoms with E-state index in [2.05, 4.69) is 11.0 Å². The molecule has 0 saturated carbocycles. The maximum atomic E-state index is 6.50. The molecule has 1 unspecified atom stereocenters. The van der Waals surface area contributed by atoms with Gasteiger partial charge in [-0.1, -0.05) is 24.6 Å². The van der Waals surface area contributed by atoms with Crippen LogP contribution in [0.15, 0.2) is 24.3 Å². The fraction of sp³-hybridized carbons (Fsp3) is 0.571. The van der Waals surface area contributed by atoms with Gasteiger partial charge in [0.1, 0.15) is 5.75 Å². The van der Waals surface area contributed by atoms with Crippen molar-refractivity contribution in [2.75, 3.05) is 26.7 Å². The van der Waals surface area contributed by atoms with E-state index in [9.17, 15) is 0 Å². The van der Waals surface area contributed by atoms with E-state index in [0.29, 0.717) is 0 Å². The third-order valence-electron chi connectivity index (χ3n) is 3.34. The molecule has 17 heavy (non-hydrogen) atoms. The number of piperidine rings is 1. The molecular weight excluding hydrogens is 234 g/mol. The Balaban J connectivity index is 2.00. The summed E-state index contributed by atoms with van der Waals surface area (Å²) in [5, 5.41) is 0.0178. The van der Waals surface area contributed by atoms with Gasteiger partial charge in [0.2, 0.25) is 0 Å². The molecule has 0 radical (unpaired) electrons. The first kappa shape index (κ1) is 12.7. The van der Waals surface area contributed by atoms with Crippen molar-refractivity contribution in [1.82, 2.24) is 4.90 Å². The molecule has 0 N–H and O–H groups in total. The molecule has 1 saturated heterocycles. The van der Waals surface area contributed by atoms with Crippen LogP contribution in [0.3, 0.4) is 0 Å². The largest absolute Gasteiger partial charge is 0.496 e. The van der Waals surface area contributed by atoms with Gasteiger partial charge in [-0.05, 0) is 32.0 Å². The fourth-order valence-electron chi connectivity index (χ4n) is 2.39. The second kappa shape index (κ2) is 6.27. The SMILES string of the molecule is COc1ccccc1C(Cl)CN1CCCCC1. The summed E-state index contributed by atoms with van der Waals surface area (Å²) in [5.41, 5.74) is 1.10. The summed E-state index contributed by atoms with van der Waals surface area (Å²) in [6, 6.07) is 8.03. The molecule has 0 aliphatic carbocycles. The number of halogens is 1. The number of benzene rings is 1. The molecule has 2 nitrogen and oxygen atoms in total. The summed E-state index contributed by atoms with van der Waals surface area (Å²) in [7, 11) is 1.70. The van der Waals surface area contributed by atoms with Gasteiger partial charge in [-0.3, -0.25) is 0 Å². The van der Waals surface area contributed by atoms with Gasteiger partial charge >= 0.3 is 0 Å². The topological polar surface area (TPSA) is 12.5 Å². The third kappa shape index (κ3) is 3.36. The Morgan fingerprint density at radius 2 is 1.94 bits per heavy atom. The molecule has 1 aromatic carbocycles. The monoisotopic (exact) mass is 253 g/mol. The number of nitrogens with zero attached hydrogens (tertiary/aromatic N) is 1. The van der Waals surface area contributed by atoms with Gasteiger partial charge in [0.15, 0.2) is 0 Å². The summed E-state index contributed by atoms with van der Waals surface area (Å²) in [4.78, 5) is 2.45. The van der Waals surface area contributed by atoms with Crippen LogP contribution in [0.25, 0.3) is 0 Å². The van der Waals surface area contributed by atoms with Crippen molar-refractivity contribution < 1.29 is 4.74 Å². The zero-order valence-corrected chi connectivity index (χ0v) is 11.1. The van der Waals surface area contributed by atoms with Crippen LogP contribution >= 0.6 is 11.6 Å². The van der Waals surface area contributed by atoms with E-state index >= 15 is 0 Å². The molecular formula is C14H20ClNO. The van der Waals surface area contributed by atoms with Crippen molar-refractivity contribution >= 4 is 11.6 Å². The summed E-state index contributed by atoms with van der Waals surface area (Å²) in [5.74, 6) is 0.893. The van der Waals surface area contributed by atoms with Crippen molar-refractivity contribution in [3.8, 4) is 5.75 Å². The van der Waals surface area contributed by atoms with Crippen LogP contribution in [0.5, 0.6) is 5.75 Å². The number of hydrogen-bond donors (Lipinski definition) is 0. The van der Waals surface area contributed by atoms with Crippen LogP contribution in [0.1, 0.15) is 30.2 Å². The van der Waals surface area contributed by atoms with Crippen molar-refractivity contribution in [3.63, 3.8) is 0 Å². The second-order valence-corrected chi connectivity index (χ2v) is 5.10. The van der Waals surface area contributed by atoms with Gasteiger partial charge in [-0.2, -0.15) is 0 Å². The first-order chi connectivity index (χ1) is 8.31. The lowest BCUT2D eigenvalue weighted by molar-refractivity contribution is 0.228. The van der Waals surface area contributed by atoms with Gasteiger partial charge in [-0.15, -0.1) is 11.6 Å². The van der Waals surface area contributed by atoms with Crippen LogP contribution in [0.2, 0.25) is 0 Å². The van der Waals surface area contributed by atoms with Crippen molar-refractivity contribution in [2.45, 2.75) is 24.6 Å². The average Bonchev–Trinajstić information content (AvgIpc) is 2.40. The first-order valence-electron chi connectivity index (χ1n) is 6.30. The van der Waals surface area contributed by atoms with Gasteiger partial charge in [0.05, 0.1) is 12.5 Å². The zero-order valence-electron chi connectivity index (χ0n) is 10.4. The van der Waals surface area contributed by atoms with Gasteiger partial charge in [0.25, 0.3) is 0 Å². The molecule has 0 aromatic heterocycles. The normalized spacial score (nSPS) is 18.9. The highest BCUT2D eigenvalue weighted by molar-refractivity contribution is 6.21.